The van der Waals surface area contributed by atoms with Gasteiger partial charge < -0.3 is 15.0 Å². The second-order valence-electron chi connectivity index (χ2n) is 8.80. The number of ketones is 1. The van der Waals surface area contributed by atoms with Crippen LogP contribution >= 0.6 is 0 Å². The molecule has 170 valence electrons. The fourth-order valence-corrected chi connectivity index (χ4v) is 4.22. The summed E-state index contributed by atoms with van der Waals surface area (Å²) in [6, 6.07) is 9.18. The van der Waals surface area contributed by atoms with Crippen molar-refractivity contribution in [2.45, 2.75) is 52.1 Å². The number of amides is 3. The van der Waals surface area contributed by atoms with Gasteiger partial charge in [-0.05, 0) is 25.0 Å². The smallest absolute Gasteiger partial charge is 0.324 e. The molecule has 0 radical (unpaired) electrons. The number of piperazine rings is 1. The molecule has 1 atom stereocenters. The molecular weight excluding hydrogens is 396 g/mol. The van der Waals surface area contributed by atoms with Crippen molar-refractivity contribution in [3.05, 3.63) is 30.3 Å². The first-order chi connectivity index (χ1) is 14.9. The number of carbonyl (C=O) groups is 3. The second kappa shape index (κ2) is 10.7. The highest BCUT2D eigenvalue weighted by Crippen LogP contribution is 2.25. The molecule has 1 saturated heterocycles. The monoisotopic (exact) mass is 430 g/mol. The van der Waals surface area contributed by atoms with Crippen molar-refractivity contribution in [1.29, 1.82) is 0 Å². The maximum Gasteiger partial charge on any atom is 0.324 e. The Labute approximate surface area is 184 Å². The van der Waals surface area contributed by atoms with Gasteiger partial charge in [-0.25, -0.2) is 4.79 Å². The van der Waals surface area contributed by atoms with Gasteiger partial charge in [0.15, 0.2) is 5.78 Å². The number of rotatable bonds is 6. The number of carbonyl (C=O) groups excluding carboxylic acids is 3. The zero-order valence-corrected chi connectivity index (χ0v) is 18.5. The number of benzene rings is 1. The summed E-state index contributed by atoms with van der Waals surface area (Å²) < 4.78 is 0. The Bertz CT molecular complexity index is 764. The van der Waals surface area contributed by atoms with Gasteiger partial charge in [0.25, 0.3) is 0 Å². The normalized spacial score (nSPS) is 20.2. The van der Waals surface area contributed by atoms with Crippen molar-refractivity contribution in [3.63, 3.8) is 0 Å². The minimum atomic E-state index is -0.589. The number of Topliss-reactive ketones (excluding diaryl/α,β-unsaturated/α-hetero) is 1. The van der Waals surface area contributed by atoms with Crippen LogP contribution in [0.2, 0.25) is 0 Å². The van der Waals surface area contributed by atoms with E-state index in [-0.39, 0.29) is 36.6 Å². The molecule has 3 amide bonds. The second-order valence-corrected chi connectivity index (χ2v) is 8.80. The first kappa shape index (κ1) is 23.2. The van der Waals surface area contributed by atoms with Crippen molar-refractivity contribution in [2.75, 3.05) is 31.1 Å². The van der Waals surface area contributed by atoms with E-state index < -0.39 is 12.2 Å². The zero-order valence-electron chi connectivity index (χ0n) is 18.5. The average molecular weight is 431 g/mol. The fourth-order valence-electron chi connectivity index (χ4n) is 4.22. The first-order valence-corrected chi connectivity index (χ1v) is 11.3. The van der Waals surface area contributed by atoms with Gasteiger partial charge in [0.05, 0.1) is 13.1 Å². The number of imide groups is 1. The van der Waals surface area contributed by atoms with Crippen LogP contribution in [0.1, 0.15) is 46.0 Å². The molecule has 2 fully saturated rings. The lowest BCUT2D eigenvalue weighted by atomic mass is 9.89. The molecule has 1 unspecified atom stereocenters. The van der Waals surface area contributed by atoms with Crippen LogP contribution in [0.3, 0.4) is 0 Å². The van der Waals surface area contributed by atoms with Gasteiger partial charge in [-0.15, -0.1) is 0 Å². The van der Waals surface area contributed by atoms with E-state index in [9.17, 15) is 19.6 Å². The Morgan fingerprint density at radius 1 is 1.10 bits per heavy atom. The third-order valence-corrected chi connectivity index (χ3v) is 6.24. The van der Waals surface area contributed by atoms with Crippen LogP contribution in [0, 0.1) is 11.8 Å². The molecule has 1 aromatic carbocycles. The number of para-hydroxylation sites is 1. The Balaban J connectivity index is 1.69. The summed E-state index contributed by atoms with van der Waals surface area (Å²) in [6.45, 7) is 4.54. The lowest BCUT2D eigenvalue weighted by Crippen LogP contribution is -2.63. The quantitative estimate of drug-likeness (QED) is 0.674. The van der Waals surface area contributed by atoms with Crippen LogP contribution in [0.4, 0.5) is 10.5 Å². The van der Waals surface area contributed by atoms with Gasteiger partial charge in [-0.2, -0.15) is 5.06 Å². The number of nitrogens with one attached hydrogen (secondary N) is 1. The van der Waals surface area contributed by atoms with E-state index in [4.69, 9.17) is 0 Å². The van der Waals surface area contributed by atoms with E-state index in [0.29, 0.717) is 13.1 Å². The molecule has 1 heterocycles. The van der Waals surface area contributed by atoms with E-state index in [1.165, 1.54) is 0 Å². The molecule has 1 aliphatic heterocycles. The third kappa shape index (κ3) is 6.04. The van der Waals surface area contributed by atoms with E-state index in [1.54, 1.807) is 18.7 Å². The molecule has 3 rings (SSSR count). The topological polar surface area (TPSA) is 93.2 Å². The van der Waals surface area contributed by atoms with E-state index in [0.717, 1.165) is 42.9 Å². The Morgan fingerprint density at radius 3 is 2.42 bits per heavy atom. The van der Waals surface area contributed by atoms with Crippen molar-refractivity contribution in [3.8, 4) is 0 Å². The van der Waals surface area contributed by atoms with Crippen LogP contribution in [-0.2, 0) is 9.59 Å². The summed E-state index contributed by atoms with van der Waals surface area (Å²) in [5.41, 5.74) is 0.905. The summed E-state index contributed by atoms with van der Waals surface area (Å²) >= 11 is 0. The predicted molar refractivity (Wildman–Crippen MR) is 118 cm³/mol. The minimum Gasteiger partial charge on any atom is -0.350 e. The van der Waals surface area contributed by atoms with Crippen LogP contribution in [0.15, 0.2) is 30.3 Å². The lowest BCUT2D eigenvalue weighted by molar-refractivity contribution is -0.154. The number of hydrogen-bond donors (Lipinski definition) is 2. The van der Waals surface area contributed by atoms with Crippen LogP contribution in [-0.4, -0.2) is 65.2 Å². The van der Waals surface area contributed by atoms with Gasteiger partial charge in [0.2, 0.25) is 5.91 Å². The molecule has 8 nitrogen and oxygen atoms in total. The summed E-state index contributed by atoms with van der Waals surface area (Å²) in [4.78, 5) is 41.1. The average Bonchev–Trinajstić information content (AvgIpc) is 2.79. The van der Waals surface area contributed by atoms with E-state index in [2.05, 4.69) is 5.32 Å². The summed E-state index contributed by atoms with van der Waals surface area (Å²) in [7, 11) is 0. The highest BCUT2D eigenvalue weighted by Gasteiger charge is 2.35. The SMILES string of the molecule is CC(C)C(=O)CN(O)C1CN(C(=O)NC(=O)C2CCCCC2)CCN1c1ccccc1. The van der Waals surface area contributed by atoms with Crippen molar-refractivity contribution in [1.82, 2.24) is 15.3 Å². The fraction of sp³-hybridized carbons (Fsp3) is 0.609. The number of anilines is 1. The molecule has 2 aliphatic rings. The van der Waals surface area contributed by atoms with Crippen LogP contribution < -0.4 is 10.2 Å². The summed E-state index contributed by atoms with van der Waals surface area (Å²) in [5.74, 6) is -0.583. The first-order valence-electron chi connectivity index (χ1n) is 11.3. The Hall–Kier alpha value is -2.45. The molecule has 0 aromatic heterocycles. The molecule has 2 N–H and O–H groups in total. The van der Waals surface area contributed by atoms with Crippen LogP contribution in [0.5, 0.6) is 0 Å². The van der Waals surface area contributed by atoms with Gasteiger partial charge >= 0.3 is 6.03 Å². The van der Waals surface area contributed by atoms with E-state index in [1.807, 2.05) is 35.2 Å². The Morgan fingerprint density at radius 2 is 1.77 bits per heavy atom. The Kier molecular flexibility index (Phi) is 8.03. The van der Waals surface area contributed by atoms with Gasteiger partial charge in [0.1, 0.15) is 6.17 Å². The molecule has 1 aromatic rings. The molecule has 8 heteroatoms. The number of hydrogen-bond acceptors (Lipinski definition) is 6. The third-order valence-electron chi connectivity index (χ3n) is 6.24. The molecule has 0 spiro atoms. The maximum absolute atomic E-state index is 12.8. The van der Waals surface area contributed by atoms with Crippen LogP contribution in [0.25, 0.3) is 0 Å². The van der Waals surface area contributed by atoms with Crippen molar-refractivity contribution < 1.29 is 19.6 Å². The lowest BCUT2D eigenvalue weighted by Gasteiger charge is -2.45. The number of urea groups is 1. The largest absolute Gasteiger partial charge is 0.350 e. The van der Waals surface area contributed by atoms with Crippen molar-refractivity contribution in [2.24, 2.45) is 11.8 Å². The van der Waals surface area contributed by atoms with Crippen molar-refractivity contribution >= 4 is 23.4 Å². The van der Waals surface area contributed by atoms with E-state index >= 15 is 0 Å². The highest BCUT2D eigenvalue weighted by atomic mass is 16.5. The molecule has 31 heavy (non-hydrogen) atoms. The molecular formula is C23H34N4O4. The summed E-state index contributed by atoms with van der Waals surface area (Å²) in [6.07, 6.45) is 4.24. The molecule has 1 saturated carbocycles. The number of nitrogens with zero attached hydrogens (tertiary/aromatic N) is 3. The van der Waals surface area contributed by atoms with Gasteiger partial charge in [-0.1, -0.05) is 51.3 Å². The zero-order chi connectivity index (χ0) is 22.4. The summed E-state index contributed by atoms with van der Waals surface area (Å²) in [5, 5.41) is 14.3. The van der Waals surface area contributed by atoms with Gasteiger partial charge in [-0.3, -0.25) is 14.9 Å². The predicted octanol–water partition coefficient (Wildman–Crippen LogP) is 2.87. The molecule has 0 bridgehead atoms. The van der Waals surface area contributed by atoms with Gasteiger partial charge in [0, 0.05) is 30.6 Å². The maximum atomic E-state index is 12.8. The molecule has 1 aliphatic carbocycles. The number of hydroxylamine groups is 2. The minimum absolute atomic E-state index is 0.0791. The highest BCUT2D eigenvalue weighted by molar-refractivity contribution is 5.95. The standard InChI is InChI=1S/C23H34N4O4/c1-17(2)20(28)15-27(31)21-16-25(13-14-26(21)19-11-7-4-8-12-19)23(30)24-22(29)18-9-5-3-6-10-18/h4,7-8,11-12,17-18,21,31H,3,5-6,9-10,13-16H2,1-2H3,(H,24,29,30).